The maximum absolute atomic E-state index is 11.8. The topological polar surface area (TPSA) is 42.9 Å². The van der Waals surface area contributed by atoms with Gasteiger partial charge in [-0.05, 0) is 46.5 Å². The molecule has 2 heterocycles. The lowest BCUT2D eigenvalue weighted by Crippen LogP contribution is -1.98. The highest BCUT2D eigenvalue weighted by atomic mass is 79.9. The van der Waals surface area contributed by atoms with Crippen LogP contribution in [-0.2, 0) is 0 Å². The maximum atomic E-state index is 11.8. The van der Waals surface area contributed by atoms with Crippen molar-refractivity contribution in [1.29, 1.82) is 0 Å². The SMILES string of the molecule is Cc1nsc(SCC(=O)c2ccc(Br)s2)n1. The molecule has 2 aromatic heterocycles. The van der Waals surface area contributed by atoms with Crippen LogP contribution in [0.15, 0.2) is 20.3 Å². The van der Waals surface area contributed by atoms with Crippen LogP contribution in [0.5, 0.6) is 0 Å². The number of hydrogen-bond acceptors (Lipinski definition) is 6. The molecule has 0 bridgehead atoms. The van der Waals surface area contributed by atoms with E-state index in [0.29, 0.717) is 5.75 Å². The van der Waals surface area contributed by atoms with E-state index in [0.717, 1.165) is 18.8 Å². The third-order valence-electron chi connectivity index (χ3n) is 1.68. The number of thioether (sulfide) groups is 1. The summed E-state index contributed by atoms with van der Waals surface area (Å²) in [6.45, 7) is 1.85. The molecule has 0 N–H and O–H groups in total. The van der Waals surface area contributed by atoms with Crippen molar-refractivity contribution in [2.45, 2.75) is 11.3 Å². The van der Waals surface area contributed by atoms with E-state index in [9.17, 15) is 4.79 Å². The van der Waals surface area contributed by atoms with Crippen LogP contribution in [0.25, 0.3) is 0 Å². The van der Waals surface area contributed by atoms with E-state index in [2.05, 4.69) is 25.3 Å². The van der Waals surface area contributed by atoms with E-state index in [1.807, 2.05) is 19.1 Å². The van der Waals surface area contributed by atoms with Gasteiger partial charge in [-0.1, -0.05) is 11.8 Å². The lowest BCUT2D eigenvalue weighted by atomic mass is 10.4. The van der Waals surface area contributed by atoms with E-state index >= 15 is 0 Å². The highest BCUT2D eigenvalue weighted by molar-refractivity contribution is 9.11. The second kappa shape index (κ2) is 5.39. The molecule has 0 spiro atoms. The molecule has 0 amide bonds. The quantitative estimate of drug-likeness (QED) is 0.632. The second-order valence-corrected chi connectivity index (χ2v) is 7.36. The van der Waals surface area contributed by atoms with Crippen molar-refractivity contribution in [3.63, 3.8) is 0 Å². The van der Waals surface area contributed by atoms with Gasteiger partial charge in [0.2, 0.25) is 0 Å². The Hall–Kier alpha value is -0.240. The average molecular weight is 335 g/mol. The molecule has 0 aromatic carbocycles. The first kappa shape index (κ1) is 12.2. The van der Waals surface area contributed by atoms with Crippen molar-refractivity contribution in [2.75, 3.05) is 5.75 Å². The highest BCUT2D eigenvalue weighted by Gasteiger charge is 2.10. The Labute approximate surface area is 114 Å². The molecule has 0 saturated heterocycles. The zero-order valence-electron chi connectivity index (χ0n) is 8.27. The summed E-state index contributed by atoms with van der Waals surface area (Å²) in [6, 6.07) is 3.72. The van der Waals surface area contributed by atoms with Gasteiger partial charge in [0, 0.05) is 0 Å². The Morgan fingerprint density at radius 1 is 1.56 bits per heavy atom. The molecule has 84 valence electrons. The molecule has 0 saturated carbocycles. The van der Waals surface area contributed by atoms with Crippen LogP contribution in [0.3, 0.4) is 0 Å². The number of aromatic nitrogens is 2. The Balaban J connectivity index is 1.93. The van der Waals surface area contributed by atoms with Crippen LogP contribution < -0.4 is 0 Å². The first-order valence-electron chi connectivity index (χ1n) is 4.37. The predicted octanol–water partition coefficient (Wildman–Crippen LogP) is 3.65. The van der Waals surface area contributed by atoms with Crippen molar-refractivity contribution >= 4 is 56.3 Å². The molecule has 0 unspecified atom stereocenters. The lowest BCUT2D eigenvalue weighted by Gasteiger charge is -1.94. The molecule has 3 nitrogen and oxygen atoms in total. The third-order valence-corrected chi connectivity index (χ3v) is 5.27. The smallest absolute Gasteiger partial charge is 0.183 e. The van der Waals surface area contributed by atoms with Gasteiger partial charge in [-0.15, -0.1) is 11.3 Å². The standard InChI is InChI=1S/C9H7BrN2OS3/c1-5-11-9(16-12-5)14-4-6(13)7-2-3-8(10)15-7/h2-3H,4H2,1H3. The fraction of sp³-hybridized carbons (Fsp3) is 0.222. The van der Waals surface area contributed by atoms with Gasteiger partial charge in [-0.3, -0.25) is 4.79 Å². The van der Waals surface area contributed by atoms with Gasteiger partial charge in [0.05, 0.1) is 14.4 Å². The molecular weight excluding hydrogens is 328 g/mol. The minimum Gasteiger partial charge on any atom is -0.292 e. The van der Waals surface area contributed by atoms with Crippen LogP contribution in [0.4, 0.5) is 0 Å². The Morgan fingerprint density at radius 3 is 2.94 bits per heavy atom. The van der Waals surface area contributed by atoms with E-state index in [-0.39, 0.29) is 5.78 Å². The lowest BCUT2D eigenvalue weighted by molar-refractivity contribution is 0.102. The molecular formula is C9H7BrN2OS3. The van der Waals surface area contributed by atoms with Crippen LogP contribution in [0.1, 0.15) is 15.5 Å². The van der Waals surface area contributed by atoms with E-state index in [4.69, 9.17) is 0 Å². The number of nitrogens with zero attached hydrogens (tertiary/aromatic N) is 2. The number of aryl methyl sites for hydroxylation is 1. The van der Waals surface area contributed by atoms with E-state index in [1.54, 1.807) is 0 Å². The zero-order valence-corrected chi connectivity index (χ0v) is 12.3. The van der Waals surface area contributed by atoms with Gasteiger partial charge in [-0.2, -0.15) is 4.37 Å². The normalized spacial score (nSPS) is 10.6. The first-order chi connectivity index (χ1) is 7.65. The van der Waals surface area contributed by atoms with Gasteiger partial charge in [0.1, 0.15) is 5.82 Å². The Kier molecular flexibility index (Phi) is 4.12. The average Bonchev–Trinajstić information content (AvgIpc) is 2.84. The van der Waals surface area contributed by atoms with Gasteiger partial charge < -0.3 is 0 Å². The zero-order chi connectivity index (χ0) is 11.5. The Morgan fingerprint density at radius 2 is 2.38 bits per heavy atom. The molecule has 0 aliphatic rings. The molecule has 2 aromatic rings. The summed E-state index contributed by atoms with van der Waals surface area (Å²) in [4.78, 5) is 16.7. The summed E-state index contributed by atoms with van der Waals surface area (Å²) < 4.78 is 5.89. The number of thiophene rings is 1. The number of ketones is 1. The number of carbonyl (C=O) groups is 1. The molecule has 16 heavy (non-hydrogen) atoms. The molecule has 0 atom stereocenters. The molecule has 0 fully saturated rings. The number of rotatable bonds is 4. The first-order valence-corrected chi connectivity index (χ1v) is 7.73. The molecule has 0 aliphatic carbocycles. The number of hydrogen-bond donors (Lipinski definition) is 0. The van der Waals surface area contributed by atoms with Crippen molar-refractivity contribution in [2.24, 2.45) is 0 Å². The number of carbonyl (C=O) groups excluding carboxylic acids is 1. The highest BCUT2D eigenvalue weighted by Crippen LogP contribution is 2.25. The molecule has 2 rings (SSSR count). The van der Waals surface area contributed by atoms with Gasteiger partial charge in [0.25, 0.3) is 0 Å². The van der Waals surface area contributed by atoms with Gasteiger partial charge in [0.15, 0.2) is 10.1 Å². The maximum Gasteiger partial charge on any atom is 0.183 e. The van der Waals surface area contributed by atoms with Crippen LogP contribution in [0.2, 0.25) is 0 Å². The second-order valence-electron chi connectivity index (χ2n) is 2.92. The summed E-state index contributed by atoms with van der Waals surface area (Å²) in [5.74, 6) is 1.31. The van der Waals surface area contributed by atoms with Crippen LogP contribution in [0, 0.1) is 6.92 Å². The number of Topliss-reactive ketones (excluding diaryl/α,β-unsaturated/α-hetero) is 1. The fourth-order valence-electron chi connectivity index (χ4n) is 0.999. The van der Waals surface area contributed by atoms with Gasteiger partial charge in [-0.25, -0.2) is 4.98 Å². The van der Waals surface area contributed by atoms with E-state index < -0.39 is 0 Å². The van der Waals surface area contributed by atoms with Crippen molar-refractivity contribution in [1.82, 2.24) is 9.36 Å². The summed E-state index contributed by atoms with van der Waals surface area (Å²) in [5, 5.41) is 0. The van der Waals surface area contributed by atoms with Crippen molar-refractivity contribution < 1.29 is 4.79 Å². The third kappa shape index (κ3) is 3.13. The van der Waals surface area contributed by atoms with Gasteiger partial charge >= 0.3 is 0 Å². The largest absolute Gasteiger partial charge is 0.292 e. The van der Waals surface area contributed by atoms with E-state index in [1.165, 1.54) is 34.6 Å². The van der Waals surface area contributed by atoms with Crippen molar-refractivity contribution in [3.8, 4) is 0 Å². The van der Waals surface area contributed by atoms with Crippen LogP contribution in [-0.4, -0.2) is 20.9 Å². The molecule has 0 radical (unpaired) electrons. The Bertz CT molecular complexity index is 508. The predicted molar refractivity (Wildman–Crippen MR) is 71.7 cm³/mol. The van der Waals surface area contributed by atoms with Crippen LogP contribution >= 0.6 is 50.6 Å². The summed E-state index contributed by atoms with van der Waals surface area (Å²) in [7, 11) is 0. The summed E-state index contributed by atoms with van der Waals surface area (Å²) in [5.41, 5.74) is 0. The summed E-state index contributed by atoms with van der Waals surface area (Å²) in [6.07, 6.45) is 0. The van der Waals surface area contributed by atoms with Crippen molar-refractivity contribution in [3.05, 3.63) is 26.6 Å². The number of halogens is 1. The molecule has 0 aliphatic heterocycles. The molecule has 7 heteroatoms. The summed E-state index contributed by atoms with van der Waals surface area (Å²) >= 11 is 7.57. The minimum atomic E-state index is 0.133. The monoisotopic (exact) mass is 334 g/mol. The fourth-order valence-corrected chi connectivity index (χ4v) is 3.94. The minimum absolute atomic E-state index is 0.133.